The zero-order valence-corrected chi connectivity index (χ0v) is 20.7. The highest BCUT2D eigenvalue weighted by Crippen LogP contribution is 2.30. The first kappa shape index (κ1) is 24.8. The van der Waals surface area contributed by atoms with E-state index in [4.69, 9.17) is 22.1 Å². The highest BCUT2D eigenvalue weighted by Gasteiger charge is 2.25. The number of hydrogen-bond donors (Lipinski definition) is 2. The number of ether oxygens (including phenoxy) is 1. The number of pyridine rings is 1. The van der Waals surface area contributed by atoms with Crippen LogP contribution in [0.4, 0.5) is 11.5 Å². The summed E-state index contributed by atoms with van der Waals surface area (Å²) in [6.45, 7) is 2.86. The predicted octanol–water partition coefficient (Wildman–Crippen LogP) is 2.62. The molecule has 0 spiro atoms. The van der Waals surface area contributed by atoms with E-state index in [9.17, 15) is 13.2 Å². The Morgan fingerprint density at radius 1 is 1.14 bits per heavy atom. The Balaban J connectivity index is 1.50. The van der Waals surface area contributed by atoms with Gasteiger partial charge in [0, 0.05) is 50.0 Å². The third kappa shape index (κ3) is 5.67. The van der Waals surface area contributed by atoms with Crippen LogP contribution in [-0.4, -0.2) is 64.0 Å². The molecule has 1 aromatic heterocycles. The smallest absolute Gasteiger partial charge is 0.267 e. The van der Waals surface area contributed by atoms with Gasteiger partial charge >= 0.3 is 0 Å². The first-order valence-electron chi connectivity index (χ1n) is 11.0. The van der Waals surface area contributed by atoms with Gasteiger partial charge in [-0.05, 0) is 42.0 Å². The number of nitrogens with one attached hydrogen (secondary N) is 1. The standard InChI is InChI=1S/C24H26ClN5O4S/c1-29(20-4-2-3-19(25)14-20)35(32,33)22-13-18(15-28-24(22)26)17-5-7-21(8-6-17)34-16-23(31)30-11-9-27-10-12-30/h2-8,13-15,27H,9-12,16H2,1H3,(H2,26,28). The lowest BCUT2D eigenvalue weighted by atomic mass is 10.1. The number of nitrogens with two attached hydrogens (primary N) is 1. The van der Waals surface area contributed by atoms with Crippen molar-refractivity contribution in [3.63, 3.8) is 0 Å². The van der Waals surface area contributed by atoms with Gasteiger partial charge in [0.2, 0.25) is 0 Å². The highest BCUT2D eigenvalue weighted by molar-refractivity contribution is 7.93. The first-order valence-corrected chi connectivity index (χ1v) is 12.8. The van der Waals surface area contributed by atoms with Gasteiger partial charge in [0.05, 0.1) is 5.69 Å². The van der Waals surface area contributed by atoms with Crippen molar-refractivity contribution in [3.8, 4) is 16.9 Å². The fourth-order valence-corrected chi connectivity index (χ4v) is 5.14. The molecule has 1 aliphatic heterocycles. The van der Waals surface area contributed by atoms with E-state index in [0.717, 1.165) is 23.0 Å². The normalized spacial score (nSPS) is 13.9. The topological polar surface area (TPSA) is 118 Å². The van der Waals surface area contributed by atoms with Gasteiger partial charge in [0.15, 0.2) is 6.61 Å². The highest BCUT2D eigenvalue weighted by atomic mass is 35.5. The van der Waals surface area contributed by atoms with Crippen LogP contribution in [0.2, 0.25) is 5.02 Å². The average molecular weight is 516 g/mol. The number of sulfonamides is 1. The second kappa shape index (κ2) is 10.5. The van der Waals surface area contributed by atoms with Gasteiger partial charge in [-0.2, -0.15) is 0 Å². The molecule has 0 unspecified atom stereocenters. The van der Waals surface area contributed by atoms with E-state index in [0.29, 0.717) is 35.1 Å². The second-order valence-electron chi connectivity index (χ2n) is 8.00. The Hall–Kier alpha value is -3.34. The van der Waals surface area contributed by atoms with Crippen molar-refractivity contribution in [1.82, 2.24) is 15.2 Å². The zero-order chi connectivity index (χ0) is 25.0. The third-order valence-electron chi connectivity index (χ3n) is 5.71. The summed E-state index contributed by atoms with van der Waals surface area (Å²) in [6.07, 6.45) is 1.51. The maximum Gasteiger partial charge on any atom is 0.267 e. The average Bonchev–Trinajstić information content (AvgIpc) is 2.88. The van der Waals surface area contributed by atoms with Gasteiger partial charge in [-0.15, -0.1) is 0 Å². The summed E-state index contributed by atoms with van der Waals surface area (Å²) >= 11 is 6.02. The minimum absolute atomic E-state index is 0.0407. The number of nitrogen functional groups attached to an aromatic ring is 1. The van der Waals surface area contributed by atoms with Gasteiger partial charge < -0.3 is 20.7 Å². The Morgan fingerprint density at radius 3 is 2.54 bits per heavy atom. The summed E-state index contributed by atoms with van der Waals surface area (Å²) in [5, 5.41) is 3.62. The van der Waals surface area contributed by atoms with E-state index in [1.807, 2.05) is 0 Å². The van der Waals surface area contributed by atoms with Crippen molar-refractivity contribution >= 4 is 39.0 Å². The van der Waals surface area contributed by atoms with Crippen LogP contribution in [0, 0.1) is 0 Å². The van der Waals surface area contributed by atoms with E-state index in [1.54, 1.807) is 53.4 Å². The summed E-state index contributed by atoms with van der Waals surface area (Å²) in [4.78, 5) is 18.1. The molecule has 4 rings (SSSR count). The number of carbonyl (C=O) groups is 1. The summed E-state index contributed by atoms with van der Waals surface area (Å²) in [6, 6.07) is 15.0. The van der Waals surface area contributed by atoms with Crippen LogP contribution in [0.15, 0.2) is 65.7 Å². The number of benzene rings is 2. The molecule has 9 nitrogen and oxygen atoms in total. The quantitative estimate of drug-likeness (QED) is 0.496. The molecule has 0 aliphatic carbocycles. The van der Waals surface area contributed by atoms with Crippen LogP contribution in [0.5, 0.6) is 5.75 Å². The van der Waals surface area contributed by atoms with Gasteiger partial charge in [-0.1, -0.05) is 29.8 Å². The summed E-state index contributed by atoms with van der Waals surface area (Å²) < 4.78 is 33.3. The fraction of sp³-hybridized carbons (Fsp3) is 0.250. The number of aromatic nitrogens is 1. The predicted molar refractivity (Wildman–Crippen MR) is 136 cm³/mol. The summed E-state index contributed by atoms with van der Waals surface area (Å²) in [5.41, 5.74) is 7.64. The van der Waals surface area contributed by atoms with Crippen LogP contribution in [0.1, 0.15) is 0 Å². The number of halogens is 1. The van der Waals surface area contributed by atoms with Crippen molar-refractivity contribution in [3.05, 3.63) is 65.8 Å². The fourth-order valence-electron chi connectivity index (χ4n) is 3.67. The van der Waals surface area contributed by atoms with E-state index >= 15 is 0 Å². The zero-order valence-electron chi connectivity index (χ0n) is 19.1. The van der Waals surface area contributed by atoms with Crippen molar-refractivity contribution in [1.29, 1.82) is 0 Å². The number of nitrogens with zero attached hydrogens (tertiary/aromatic N) is 3. The Morgan fingerprint density at radius 2 is 1.86 bits per heavy atom. The molecule has 3 N–H and O–H groups in total. The molecule has 1 amide bonds. The largest absolute Gasteiger partial charge is 0.484 e. The third-order valence-corrected chi connectivity index (χ3v) is 7.76. The Labute approximate surface area is 209 Å². The molecule has 35 heavy (non-hydrogen) atoms. The van der Waals surface area contributed by atoms with Gasteiger partial charge in [0.1, 0.15) is 16.5 Å². The van der Waals surface area contributed by atoms with E-state index in [-0.39, 0.29) is 23.2 Å². The number of hydrogen-bond acceptors (Lipinski definition) is 7. The summed E-state index contributed by atoms with van der Waals surface area (Å²) in [5.74, 6) is 0.375. The molecule has 1 aliphatic rings. The number of rotatable bonds is 7. The molecule has 1 saturated heterocycles. The van der Waals surface area contributed by atoms with Crippen LogP contribution >= 0.6 is 11.6 Å². The summed E-state index contributed by atoms with van der Waals surface area (Å²) in [7, 11) is -2.56. The lowest BCUT2D eigenvalue weighted by molar-refractivity contribution is -0.133. The van der Waals surface area contributed by atoms with Gasteiger partial charge in [-0.25, -0.2) is 13.4 Å². The monoisotopic (exact) mass is 515 g/mol. The van der Waals surface area contributed by atoms with Crippen LogP contribution in [-0.2, 0) is 14.8 Å². The number of carbonyl (C=O) groups excluding carboxylic acids is 1. The van der Waals surface area contributed by atoms with Crippen molar-refractivity contribution in [2.75, 3.05) is 49.9 Å². The van der Waals surface area contributed by atoms with Gasteiger partial charge in [-0.3, -0.25) is 9.10 Å². The molecule has 1 fully saturated rings. The Kier molecular flexibility index (Phi) is 7.44. The molecule has 11 heteroatoms. The number of amides is 1. The minimum Gasteiger partial charge on any atom is -0.484 e. The lowest BCUT2D eigenvalue weighted by Crippen LogP contribution is -2.47. The molecule has 0 bridgehead atoms. The van der Waals surface area contributed by atoms with Crippen molar-refractivity contribution in [2.45, 2.75) is 4.90 Å². The number of piperazine rings is 1. The van der Waals surface area contributed by atoms with Crippen LogP contribution in [0.25, 0.3) is 11.1 Å². The van der Waals surface area contributed by atoms with E-state index in [1.165, 1.54) is 19.3 Å². The SMILES string of the molecule is CN(c1cccc(Cl)c1)S(=O)(=O)c1cc(-c2ccc(OCC(=O)N3CCNCC3)cc2)cnc1N. The molecule has 0 saturated carbocycles. The molecule has 2 heterocycles. The molecule has 0 atom stereocenters. The molecule has 3 aromatic rings. The van der Waals surface area contributed by atoms with Crippen molar-refractivity contribution in [2.24, 2.45) is 0 Å². The van der Waals surface area contributed by atoms with Crippen LogP contribution in [0.3, 0.4) is 0 Å². The van der Waals surface area contributed by atoms with E-state index < -0.39 is 10.0 Å². The minimum atomic E-state index is -3.99. The molecular weight excluding hydrogens is 490 g/mol. The lowest BCUT2D eigenvalue weighted by Gasteiger charge is -2.27. The van der Waals surface area contributed by atoms with Crippen molar-refractivity contribution < 1.29 is 17.9 Å². The van der Waals surface area contributed by atoms with Crippen LogP contribution < -0.4 is 20.1 Å². The molecule has 2 aromatic carbocycles. The number of anilines is 2. The Bertz CT molecular complexity index is 1310. The molecule has 184 valence electrons. The molecule has 0 radical (unpaired) electrons. The maximum absolute atomic E-state index is 13.3. The molecular formula is C24H26ClN5O4S. The van der Waals surface area contributed by atoms with Gasteiger partial charge in [0.25, 0.3) is 15.9 Å². The maximum atomic E-state index is 13.3. The first-order chi connectivity index (χ1) is 16.8. The second-order valence-corrected chi connectivity index (χ2v) is 10.4. The van der Waals surface area contributed by atoms with E-state index in [2.05, 4.69) is 10.3 Å².